The molecule has 0 aliphatic heterocycles. The van der Waals surface area contributed by atoms with Gasteiger partial charge in [-0.15, -0.1) is 0 Å². The molecule has 0 saturated carbocycles. The molecule has 1 aromatic heterocycles. The summed E-state index contributed by atoms with van der Waals surface area (Å²) in [5.74, 6) is 2.01. The van der Waals surface area contributed by atoms with Crippen molar-refractivity contribution in [2.24, 2.45) is 0 Å². The third-order valence-corrected chi connectivity index (χ3v) is 10.7. The highest BCUT2D eigenvalue weighted by Gasteiger charge is 2.39. The van der Waals surface area contributed by atoms with Crippen molar-refractivity contribution < 1.29 is 0 Å². The molecule has 0 bridgehead atoms. The highest BCUT2D eigenvalue weighted by molar-refractivity contribution is 6.01. The van der Waals surface area contributed by atoms with Crippen molar-refractivity contribution in [1.29, 1.82) is 0 Å². The average molecular weight is 614 g/mol. The van der Waals surface area contributed by atoms with E-state index < -0.39 is 0 Å². The monoisotopic (exact) mass is 613 g/mol. The van der Waals surface area contributed by atoms with Gasteiger partial charge < -0.3 is 0 Å². The summed E-state index contributed by atoms with van der Waals surface area (Å²) in [6.45, 7) is 9.13. The molecule has 0 atom stereocenters. The van der Waals surface area contributed by atoms with Crippen LogP contribution in [0.3, 0.4) is 0 Å². The van der Waals surface area contributed by atoms with Crippen molar-refractivity contribution >= 4 is 5.57 Å². The molecular weight excluding hydrogens is 583 g/mol. The van der Waals surface area contributed by atoms with Crippen LogP contribution in [0.15, 0.2) is 134 Å². The number of hydrogen-bond donors (Lipinski definition) is 0. The first-order valence-electron chi connectivity index (χ1n) is 16.6. The summed E-state index contributed by atoms with van der Waals surface area (Å²) in [4.78, 5) is 15.2. The Morgan fingerprint density at radius 3 is 1.81 bits per heavy atom. The second-order valence-electron chi connectivity index (χ2n) is 13.7. The van der Waals surface area contributed by atoms with E-state index in [-0.39, 0.29) is 5.41 Å². The second-order valence-corrected chi connectivity index (χ2v) is 13.7. The maximum Gasteiger partial charge on any atom is 0.164 e. The van der Waals surface area contributed by atoms with Gasteiger partial charge in [-0.1, -0.05) is 136 Å². The number of aromatic nitrogens is 3. The molecule has 10 rings (SSSR count). The summed E-state index contributed by atoms with van der Waals surface area (Å²) in [5.41, 5.74) is 19.7. The molecule has 0 radical (unpaired) electrons. The molecule has 3 aliphatic rings. The molecule has 0 spiro atoms. The molecule has 0 unspecified atom stereocenters. The highest BCUT2D eigenvalue weighted by atomic mass is 15.0. The van der Waals surface area contributed by atoms with Gasteiger partial charge in [-0.25, -0.2) is 15.0 Å². The van der Waals surface area contributed by atoms with Crippen molar-refractivity contribution in [3.8, 4) is 67.5 Å². The number of benzene rings is 6. The Morgan fingerprint density at radius 2 is 1.04 bits per heavy atom. The van der Waals surface area contributed by atoms with Gasteiger partial charge in [0.1, 0.15) is 0 Å². The fraction of sp³-hybridized carbons (Fsp3) is 0.0889. The third-order valence-electron chi connectivity index (χ3n) is 10.7. The normalized spacial score (nSPS) is 14.2. The highest BCUT2D eigenvalue weighted by Crippen LogP contribution is 2.54. The van der Waals surface area contributed by atoms with E-state index in [0.717, 1.165) is 34.2 Å². The van der Waals surface area contributed by atoms with E-state index in [9.17, 15) is 0 Å². The van der Waals surface area contributed by atoms with E-state index in [1.165, 1.54) is 61.2 Å². The lowest BCUT2D eigenvalue weighted by atomic mass is 9.79. The van der Waals surface area contributed by atoms with Gasteiger partial charge in [-0.05, 0) is 90.9 Å². The topological polar surface area (TPSA) is 38.7 Å². The fourth-order valence-corrected chi connectivity index (χ4v) is 8.40. The molecule has 0 fully saturated rings. The minimum Gasteiger partial charge on any atom is -0.208 e. The van der Waals surface area contributed by atoms with Gasteiger partial charge in [0.25, 0.3) is 0 Å². The molecule has 3 aliphatic carbocycles. The Labute approximate surface area is 280 Å². The van der Waals surface area contributed by atoms with Crippen LogP contribution < -0.4 is 0 Å². The number of nitrogens with zero attached hydrogens (tertiary/aromatic N) is 3. The van der Waals surface area contributed by atoms with Gasteiger partial charge in [0.2, 0.25) is 0 Å². The van der Waals surface area contributed by atoms with Gasteiger partial charge in [-0.3, -0.25) is 0 Å². The predicted octanol–water partition coefficient (Wildman–Crippen LogP) is 10.8. The molecular formula is C45H31N3. The van der Waals surface area contributed by atoms with Crippen LogP contribution in [0.4, 0.5) is 0 Å². The first-order valence-corrected chi connectivity index (χ1v) is 16.6. The van der Waals surface area contributed by atoms with Crippen molar-refractivity contribution in [1.82, 2.24) is 15.0 Å². The van der Waals surface area contributed by atoms with Gasteiger partial charge in [0.05, 0.1) is 0 Å². The summed E-state index contributed by atoms with van der Waals surface area (Å²) in [6, 6.07) is 45.4. The molecule has 6 aromatic carbocycles. The lowest BCUT2D eigenvalue weighted by molar-refractivity contribution is 0.654. The second kappa shape index (κ2) is 9.79. The average Bonchev–Trinajstić information content (AvgIpc) is 3.73. The molecule has 3 nitrogen and oxygen atoms in total. The van der Waals surface area contributed by atoms with E-state index in [0.29, 0.717) is 17.5 Å². The molecule has 1 heterocycles. The predicted molar refractivity (Wildman–Crippen MR) is 196 cm³/mol. The lowest BCUT2D eigenvalue weighted by Gasteiger charge is -2.24. The maximum atomic E-state index is 5.14. The largest absolute Gasteiger partial charge is 0.208 e. The molecule has 226 valence electrons. The summed E-state index contributed by atoms with van der Waals surface area (Å²) < 4.78 is 0. The quantitative estimate of drug-likeness (QED) is 0.199. The molecule has 3 heteroatoms. The molecule has 7 aromatic rings. The third kappa shape index (κ3) is 3.79. The van der Waals surface area contributed by atoms with E-state index in [2.05, 4.69) is 130 Å². The van der Waals surface area contributed by atoms with E-state index in [1.54, 1.807) is 0 Å². The number of rotatable bonds is 3. The SMILES string of the molecule is C=C1c2ccccc2-c2cc(-c3nc(-c4ccccc4)nc(-c4ccc5c(c4)Cc4c-5ccc5c4C(C)(C)c4ccccc4-5)n3)ccc21. The molecule has 0 amide bonds. The van der Waals surface area contributed by atoms with Crippen LogP contribution in [0.5, 0.6) is 0 Å². The van der Waals surface area contributed by atoms with Crippen LogP contribution in [-0.4, -0.2) is 15.0 Å². The van der Waals surface area contributed by atoms with E-state index >= 15 is 0 Å². The van der Waals surface area contributed by atoms with Crippen molar-refractivity contribution in [3.63, 3.8) is 0 Å². The van der Waals surface area contributed by atoms with E-state index in [1.807, 2.05) is 18.2 Å². The van der Waals surface area contributed by atoms with Crippen LogP contribution in [0.2, 0.25) is 0 Å². The molecule has 0 N–H and O–H groups in total. The van der Waals surface area contributed by atoms with Gasteiger partial charge >= 0.3 is 0 Å². The van der Waals surface area contributed by atoms with Gasteiger partial charge in [0, 0.05) is 22.1 Å². The zero-order valence-corrected chi connectivity index (χ0v) is 26.9. The standard InChI is InChI=1S/C45H31N3/c1-26-31-13-7-8-14-34(31)38-24-29(17-19-32(26)38)44-47-42(27-11-5-4-6-12-27)46-43(48-44)28-18-20-33-30(23-28)25-39-35(33)21-22-37-36-15-9-10-16-40(36)45(2,3)41(37)39/h4-24H,1,25H2,2-3H3. The zero-order chi connectivity index (χ0) is 32.1. The summed E-state index contributed by atoms with van der Waals surface area (Å²) in [5, 5.41) is 0. The number of fused-ring (bicyclic) bond motifs is 10. The van der Waals surface area contributed by atoms with Crippen LogP contribution in [0, 0.1) is 0 Å². The first-order chi connectivity index (χ1) is 23.5. The smallest absolute Gasteiger partial charge is 0.164 e. The molecule has 48 heavy (non-hydrogen) atoms. The summed E-state index contributed by atoms with van der Waals surface area (Å²) in [6.07, 6.45) is 0.900. The number of hydrogen-bond acceptors (Lipinski definition) is 3. The maximum absolute atomic E-state index is 5.14. The van der Waals surface area contributed by atoms with Crippen LogP contribution in [0.25, 0.3) is 73.1 Å². The van der Waals surface area contributed by atoms with Crippen LogP contribution in [0.1, 0.15) is 47.2 Å². The van der Waals surface area contributed by atoms with Crippen molar-refractivity contribution in [2.45, 2.75) is 25.7 Å². The Kier molecular flexibility index (Phi) is 5.55. The van der Waals surface area contributed by atoms with Crippen molar-refractivity contribution in [3.05, 3.63) is 167 Å². The Morgan fingerprint density at radius 1 is 0.479 bits per heavy atom. The Bertz CT molecular complexity index is 2520. The lowest BCUT2D eigenvalue weighted by Crippen LogP contribution is -2.17. The van der Waals surface area contributed by atoms with Gasteiger partial charge in [-0.2, -0.15) is 0 Å². The Hall–Kier alpha value is -5.93. The minimum atomic E-state index is -0.0431. The molecule has 0 saturated heterocycles. The van der Waals surface area contributed by atoms with Gasteiger partial charge in [0.15, 0.2) is 17.5 Å². The van der Waals surface area contributed by atoms with Crippen molar-refractivity contribution in [2.75, 3.05) is 0 Å². The Balaban J connectivity index is 1.09. The minimum absolute atomic E-state index is 0.0431. The first kappa shape index (κ1) is 27.2. The summed E-state index contributed by atoms with van der Waals surface area (Å²) in [7, 11) is 0. The van der Waals surface area contributed by atoms with Crippen LogP contribution >= 0.6 is 0 Å². The van der Waals surface area contributed by atoms with Crippen LogP contribution in [-0.2, 0) is 11.8 Å². The summed E-state index contributed by atoms with van der Waals surface area (Å²) >= 11 is 0. The van der Waals surface area contributed by atoms with E-state index in [4.69, 9.17) is 15.0 Å². The fourth-order valence-electron chi connectivity index (χ4n) is 8.40. The zero-order valence-electron chi connectivity index (χ0n) is 26.9.